The predicted octanol–water partition coefficient (Wildman–Crippen LogP) is 0.957. The van der Waals surface area contributed by atoms with Crippen molar-refractivity contribution in [3.8, 4) is 0 Å². The second kappa shape index (κ2) is 5.65. The number of nitrogens with one attached hydrogen (secondary N) is 1. The highest BCUT2D eigenvalue weighted by Gasteiger charge is 2.14. The van der Waals surface area contributed by atoms with Crippen LogP contribution in [-0.4, -0.2) is 33.6 Å². The van der Waals surface area contributed by atoms with Crippen LogP contribution in [0.15, 0.2) is 12.4 Å². The van der Waals surface area contributed by atoms with Crippen molar-refractivity contribution >= 4 is 5.84 Å². The summed E-state index contributed by atoms with van der Waals surface area (Å²) in [6.45, 7) is 2.97. The Morgan fingerprint density at radius 2 is 2.38 bits per heavy atom. The van der Waals surface area contributed by atoms with Crippen molar-refractivity contribution in [1.29, 1.82) is 5.41 Å². The van der Waals surface area contributed by atoms with Crippen molar-refractivity contribution < 1.29 is 0 Å². The van der Waals surface area contributed by atoms with Crippen LogP contribution in [0.5, 0.6) is 0 Å². The zero-order valence-electron chi connectivity index (χ0n) is 10.3. The Labute approximate surface area is 96.7 Å². The maximum absolute atomic E-state index is 7.34. The first-order valence-corrected chi connectivity index (χ1v) is 5.53. The Balaban J connectivity index is 2.55. The molecule has 0 fully saturated rings. The third-order valence-electron chi connectivity index (χ3n) is 2.74. The van der Waals surface area contributed by atoms with Crippen LogP contribution < -0.4 is 5.73 Å². The average molecular weight is 223 g/mol. The molecular formula is C11H21N5. The van der Waals surface area contributed by atoms with Gasteiger partial charge in [0.05, 0.1) is 12.0 Å². The molecular weight excluding hydrogens is 202 g/mol. The highest BCUT2D eigenvalue weighted by atomic mass is 15.2. The van der Waals surface area contributed by atoms with E-state index < -0.39 is 0 Å². The lowest BCUT2D eigenvalue weighted by Crippen LogP contribution is -2.34. The number of hydrogen-bond donors (Lipinski definition) is 2. The summed E-state index contributed by atoms with van der Waals surface area (Å²) in [4.78, 5) is 2.22. The molecule has 0 saturated carbocycles. The summed E-state index contributed by atoms with van der Waals surface area (Å²) >= 11 is 0. The van der Waals surface area contributed by atoms with Gasteiger partial charge in [0, 0.05) is 37.8 Å². The van der Waals surface area contributed by atoms with Crippen LogP contribution in [-0.2, 0) is 13.6 Å². The van der Waals surface area contributed by atoms with Crippen molar-refractivity contribution in [3.05, 3.63) is 18.0 Å². The molecule has 5 heteroatoms. The Bertz CT molecular complexity index is 344. The molecule has 16 heavy (non-hydrogen) atoms. The van der Waals surface area contributed by atoms with Gasteiger partial charge in [-0.3, -0.25) is 15.0 Å². The Morgan fingerprint density at radius 3 is 2.81 bits per heavy atom. The normalized spacial score (nSPS) is 13.0. The van der Waals surface area contributed by atoms with Crippen molar-refractivity contribution in [2.24, 2.45) is 12.8 Å². The van der Waals surface area contributed by atoms with E-state index in [4.69, 9.17) is 11.1 Å². The molecule has 0 bridgehead atoms. The number of hydrogen-bond acceptors (Lipinski definition) is 3. The number of rotatable bonds is 6. The third-order valence-corrected chi connectivity index (χ3v) is 2.74. The summed E-state index contributed by atoms with van der Waals surface area (Å²) in [5.41, 5.74) is 6.63. The van der Waals surface area contributed by atoms with Crippen LogP contribution in [0.3, 0.4) is 0 Å². The zero-order valence-corrected chi connectivity index (χ0v) is 10.3. The van der Waals surface area contributed by atoms with Crippen molar-refractivity contribution in [3.63, 3.8) is 0 Å². The van der Waals surface area contributed by atoms with Gasteiger partial charge in [-0.1, -0.05) is 6.92 Å². The molecule has 1 unspecified atom stereocenters. The molecule has 1 aromatic heterocycles. The lowest BCUT2D eigenvalue weighted by atomic mass is 10.1. The number of aromatic nitrogens is 2. The number of amidine groups is 1. The summed E-state index contributed by atoms with van der Waals surface area (Å²) in [5.74, 6) is 0.255. The highest BCUT2D eigenvalue weighted by molar-refractivity contribution is 5.77. The molecule has 1 aromatic rings. The van der Waals surface area contributed by atoms with E-state index in [1.807, 2.05) is 19.4 Å². The lowest BCUT2D eigenvalue weighted by Gasteiger charge is -2.26. The quantitative estimate of drug-likeness (QED) is 0.557. The van der Waals surface area contributed by atoms with Gasteiger partial charge in [-0.25, -0.2) is 0 Å². The van der Waals surface area contributed by atoms with Crippen molar-refractivity contribution in [2.45, 2.75) is 32.4 Å². The molecule has 1 heterocycles. The fourth-order valence-electron chi connectivity index (χ4n) is 1.84. The summed E-state index contributed by atoms with van der Waals surface area (Å²) in [6, 6.07) is 0.331. The van der Waals surface area contributed by atoms with E-state index in [0.717, 1.165) is 13.0 Å². The molecule has 90 valence electrons. The van der Waals surface area contributed by atoms with E-state index in [1.165, 1.54) is 5.56 Å². The van der Waals surface area contributed by atoms with Crippen LogP contribution >= 0.6 is 0 Å². The van der Waals surface area contributed by atoms with Crippen LogP contribution in [0.2, 0.25) is 0 Å². The largest absolute Gasteiger partial charge is 0.388 e. The van der Waals surface area contributed by atoms with Crippen molar-refractivity contribution in [1.82, 2.24) is 14.7 Å². The van der Waals surface area contributed by atoms with Gasteiger partial charge in [0.25, 0.3) is 0 Å². The maximum atomic E-state index is 7.34. The first-order valence-electron chi connectivity index (χ1n) is 5.53. The number of aryl methyl sites for hydroxylation is 1. The molecule has 0 aromatic carbocycles. The SMILES string of the molecule is CCC(CC(=N)N)N(C)Cc1cnn(C)c1. The summed E-state index contributed by atoms with van der Waals surface area (Å²) in [6.07, 6.45) is 5.51. The first-order chi connectivity index (χ1) is 7.52. The smallest absolute Gasteiger partial charge is 0.0921 e. The second-order valence-corrected chi connectivity index (χ2v) is 4.23. The number of nitrogens with two attached hydrogens (primary N) is 1. The zero-order chi connectivity index (χ0) is 12.1. The molecule has 0 aliphatic heterocycles. The monoisotopic (exact) mass is 223 g/mol. The highest BCUT2D eigenvalue weighted by Crippen LogP contribution is 2.10. The molecule has 3 N–H and O–H groups in total. The van der Waals surface area contributed by atoms with E-state index in [1.54, 1.807) is 4.68 Å². The summed E-state index contributed by atoms with van der Waals surface area (Å²) < 4.78 is 1.80. The Kier molecular flexibility index (Phi) is 4.49. The van der Waals surface area contributed by atoms with E-state index in [-0.39, 0.29) is 5.84 Å². The number of nitrogens with zero attached hydrogens (tertiary/aromatic N) is 3. The van der Waals surface area contributed by atoms with E-state index >= 15 is 0 Å². The topological polar surface area (TPSA) is 70.9 Å². The van der Waals surface area contributed by atoms with Gasteiger partial charge >= 0.3 is 0 Å². The molecule has 1 atom stereocenters. The van der Waals surface area contributed by atoms with Gasteiger partial charge in [0.1, 0.15) is 0 Å². The molecule has 5 nitrogen and oxygen atoms in total. The molecule has 0 spiro atoms. The predicted molar refractivity (Wildman–Crippen MR) is 65.3 cm³/mol. The van der Waals surface area contributed by atoms with E-state index in [2.05, 4.69) is 24.0 Å². The van der Waals surface area contributed by atoms with Gasteiger partial charge < -0.3 is 5.73 Å². The van der Waals surface area contributed by atoms with Gasteiger partial charge in [-0.15, -0.1) is 0 Å². The fraction of sp³-hybridized carbons (Fsp3) is 0.636. The summed E-state index contributed by atoms with van der Waals surface area (Å²) in [5, 5.41) is 11.5. The van der Waals surface area contributed by atoms with Gasteiger partial charge in [0.2, 0.25) is 0 Å². The second-order valence-electron chi connectivity index (χ2n) is 4.23. The molecule has 0 amide bonds. The molecule has 0 saturated heterocycles. The molecule has 0 radical (unpaired) electrons. The molecule has 0 aliphatic rings. The average Bonchev–Trinajstić information content (AvgIpc) is 2.60. The van der Waals surface area contributed by atoms with Crippen molar-refractivity contribution in [2.75, 3.05) is 7.05 Å². The minimum Gasteiger partial charge on any atom is -0.388 e. The Hall–Kier alpha value is -1.36. The van der Waals surface area contributed by atoms with E-state index in [0.29, 0.717) is 12.5 Å². The first kappa shape index (κ1) is 12.7. The van der Waals surface area contributed by atoms with Gasteiger partial charge in [0.15, 0.2) is 0 Å². The van der Waals surface area contributed by atoms with Gasteiger partial charge in [-0.2, -0.15) is 5.10 Å². The van der Waals surface area contributed by atoms with E-state index in [9.17, 15) is 0 Å². The fourth-order valence-corrected chi connectivity index (χ4v) is 1.84. The molecule has 1 rings (SSSR count). The standard InChI is InChI=1S/C11H21N5/c1-4-10(5-11(12)13)15(2)7-9-6-14-16(3)8-9/h6,8,10H,4-5,7H2,1-3H3,(H3,12,13). The van der Waals surface area contributed by atoms with Crippen LogP contribution in [0.1, 0.15) is 25.3 Å². The Morgan fingerprint density at radius 1 is 1.69 bits per heavy atom. The maximum Gasteiger partial charge on any atom is 0.0921 e. The lowest BCUT2D eigenvalue weighted by molar-refractivity contribution is 0.232. The minimum atomic E-state index is 0.255. The summed E-state index contributed by atoms with van der Waals surface area (Å²) in [7, 11) is 3.97. The van der Waals surface area contributed by atoms with Gasteiger partial charge in [-0.05, 0) is 13.5 Å². The third kappa shape index (κ3) is 3.66. The molecule has 0 aliphatic carbocycles. The van der Waals surface area contributed by atoms with Crippen LogP contribution in [0, 0.1) is 5.41 Å². The van der Waals surface area contributed by atoms with Crippen LogP contribution in [0.25, 0.3) is 0 Å². The van der Waals surface area contributed by atoms with Crippen LogP contribution in [0.4, 0.5) is 0 Å². The minimum absolute atomic E-state index is 0.255.